The number of nitrogens with one attached hydrogen (secondary N) is 1. The Balaban J connectivity index is 2.15. The summed E-state index contributed by atoms with van der Waals surface area (Å²) in [7, 11) is 1.61. The highest BCUT2D eigenvalue weighted by Gasteiger charge is 2.03. The summed E-state index contributed by atoms with van der Waals surface area (Å²) in [6.07, 6.45) is 3.26. The van der Waals surface area contributed by atoms with Gasteiger partial charge in [0, 0.05) is 18.0 Å². The quantitative estimate of drug-likeness (QED) is 0.849. The molecule has 0 saturated heterocycles. The van der Waals surface area contributed by atoms with Crippen molar-refractivity contribution >= 4 is 11.9 Å². The van der Waals surface area contributed by atoms with E-state index in [0.717, 1.165) is 16.9 Å². The molecule has 2 rings (SSSR count). The molecule has 19 heavy (non-hydrogen) atoms. The van der Waals surface area contributed by atoms with E-state index in [1.54, 1.807) is 19.5 Å². The Morgan fingerprint density at radius 2 is 2.05 bits per heavy atom. The highest BCUT2D eigenvalue weighted by molar-refractivity contribution is 5.72. The monoisotopic (exact) mass is 259 g/mol. The summed E-state index contributed by atoms with van der Waals surface area (Å²) in [5.74, 6) is 0.0834. The standard InChI is InChI=1S/C13H13N3O3/c1-19-11-4-2-3-9(5-11)10-6-14-13(15-7-10)16-8-12(17)18/h2-7H,8H2,1H3,(H,17,18)(H,14,15,16). The van der Waals surface area contributed by atoms with Crippen LogP contribution in [0.25, 0.3) is 11.1 Å². The molecule has 0 atom stereocenters. The Kier molecular flexibility index (Phi) is 3.92. The number of aromatic nitrogens is 2. The number of anilines is 1. The smallest absolute Gasteiger partial charge is 0.322 e. The zero-order valence-electron chi connectivity index (χ0n) is 10.3. The normalized spacial score (nSPS) is 9.95. The Morgan fingerprint density at radius 1 is 1.32 bits per heavy atom. The number of benzene rings is 1. The van der Waals surface area contributed by atoms with E-state index >= 15 is 0 Å². The van der Waals surface area contributed by atoms with Crippen molar-refractivity contribution in [3.8, 4) is 16.9 Å². The number of carbonyl (C=O) groups is 1. The highest BCUT2D eigenvalue weighted by Crippen LogP contribution is 2.22. The summed E-state index contributed by atoms with van der Waals surface area (Å²) in [5.41, 5.74) is 1.77. The number of hydrogen-bond acceptors (Lipinski definition) is 5. The summed E-state index contributed by atoms with van der Waals surface area (Å²) < 4.78 is 5.15. The fourth-order valence-corrected chi connectivity index (χ4v) is 1.53. The maximum absolute atomic E-state index is 10.4. The van der Waals surface area contributed by atoms with Gasteiger partial charge in [0.1, 0.15) is 12.3 Å². The lowest BCUT2D eigenvalue weighted by molar-refractivity contribution is -0.134. The van der Waals surface area contributed by atoms with Crippen molar-refractivity contribution in [2.45, 2.75) is 0 Å². The van der Waals surface area contributed by atoms with Crippen LogP contribution in [0, 0.1) is 0 Å². The minimum absolute atomic E-state index is 0.210. The van der Waals surface area contributed by atoms with E-state index in [1.807, 2.05) is 24.3 Å². The number of carboxylic acids is 1. The molecule has 1 aromatic carbocycles. The van der Waals surface area contributed by atoms with Gasteiger partial charge in [0.15, 0.2) is 0 Å². The van der Waals surface area contributed by atoms with Crippen molar-refractivity contribution in [3.05, 3.63) is 36.7 Å². The first-order valence-electron chi connectivity index (χ1n) is 5.61. The fourth-order valence-electron chi connectivity index (χ4n) is 1.53. The predicted molar refractivity (Wildman–Crippen MR) is 70.1 cm³/mol. The van der Waals surface area contributed by atoms with Gasteiger partial charge < -0.3 is 15.2 Å². The Labute approximate surface area is 110 Å². The lowest BCUT2D eigenvalue weighted by atomic mass is 10.1. The van der Waals surface area contributed by atoms with Crippen molar-refractivity contribution in [2.24, 2.45) is 0 Å². The average Bonchev–Trinajstić information content (AvgIpc) is 2.45. The summed E-state index contributed by atoms with van der Waals surface area (Å²) in [4.78, 5) is 18.5. The van der Waals surface area contributed by atoms with E-state index in [1.165, 1.54) is 0 Å². The first kappa shape index (κ1) is 12.8. The predicted octanol–water partition coefficient (Wildman–Crippen LogP) is 1.65. The van der Waals surface area contributed by atoms with Crippen LogP contribution in [0.15, 0.2) is 36.7 Å². The molecule has 0 bridgehead atoms. The van der Waals surface area contributed by atoms with Gasteiger partial charge in [-0.15, -0.1) is 0 Å². The van der Waals surface area contributed by atoms with Crippen LogP contribution in [0.1, 0.15) is 0 Å². The van der Waals surface area contributed by atoms with Gasteiger partial charge in [-0.2, -0.15) is 0 Å². The molecule has 1 aromatic heterocycles. The zero-order chi connectivity index (χ0) is 13.7. The lowest BCUT2D eigenvalue weighted by Gasteiger charge is -2.05. The van der Waals surface area contributed by atoms with Crippen LogP contribution in [0.5, 0.6) is 5.75 Å². The van der Waals surface area contributed by atoms with Gasteiger partial charge in [-0.1, -0.05) is 12.1 Å². The van der Waals surface area contributed by atoms with E-state index in [-0.39, 0.29) is 12.5 Å². The summed E-state index contributed by atoms with van der Waals surface area (Å²) in [6.45, 7) is -0.210. The molecule has 0 aliphatic rings. The van der Waals surface area contributed by atoms with Gasteiger partial charge in [0.2, 0.25) is 5.95 Å². The van der Waals surface area contributed by atoms with Gasteiger partial charge >= 0.3 is 5.97 Å². The van der Waals surface area contributed by atoms with E-state index in [0.29, 0.717) is 0 Å². The molecule has 98 valence electrons. The molecule has 2 N–H and O–H groups in total. The fraction of sp³-hybridized carbons (Fsp3) is 0.154. The maximum atomic E-state index is 10.4. The molecule has 0 aliphatic carbocycles. The highest BCUT2D eigenvalue weighted by atomic mass is 16.5. The van der Waals surface area contributed by atoms with Crippen LogP contribution in [0.4, 0.5) is 5.95 Å². The average molecular weight is 259 g/mol. The number of rotatable bonds is 5. The largest absolute Gasteiger partial charge is 0.497 e. The number of hydrogen-bond donors (Lipinski definition) is 2. The third-order valence-electron chi connectivity index (χ3n) is 2.45. The van der Waals surface area contributed by atoms with Crippen LogP contribution < -0.4 is 10.1 Å². The molecule has 0 radical (unpaired) electrons. The second-order valence-corrected chi connectivity index (χ2v) is 3.77. The molecule has 0 amide bonds. The number of carboxylic acid groups (broad SMARTS) is 1. The number of methoxy groups -OCH3 is 1. The Morgan fingerprint density at radius 3 is 2.68 bits per heavy atom. The van der Waals surface area contributed by atoms with Crippen molar-refractivity contribution in [1.29, 1.82) is 0 Å². The van der Waals surface area contributed by atoms with Gasteiger partial charge in [0.05, 0.1) is 7.11 Å². The molecule has 0 unspecified atom stereocenters. The zero-order valence-corrected chi connectivity index (χ0v) is 10.3. The van der Waals surface area contributed by atoms with Gasteiger partial charge in [-0.3, -0.25) is 4.79 Å². The first-order chi connectivity index (χ1) is 9.19. The van der Waals surface area contributed by atoms with Crippen LogP contribution in [0.3, 0.4) is 0 Å². The van der Waals surface area contributed by atoms with Gasteiger partial charge in [-0.05, 0) is 17.7 Å². The second-order valence-electron chi connectivity index (χ2n) is 3.77. The van der Waals surface area contributed by atoms with Crippen molar-refractivity contribution < 1.29 is 14.6 Å². The van der Waals surface area contributed by atoms with E-state index in [2.05, 4.69) is 15.3 Å². The van der Waals surface area contributed by atoms with Crippen molar-refractivity contribution in [1.82, 2.24) is 9.97 Å². The minimum Gasteiger partial charge on any atom is -0.497 e. The molecule has 0 saturated carbocycles. The Hall–Kier alpha value is -2.63. The molecular weight excluding hydrogens is 246 g/mol. The van der Waals surface area contributed by atoms with Crippen molar-refractivity contribution in [2.75, 3.05) is 19.0 Å². The molecule has 0 fully saturated rings. The SMILES string of the molecule is COc1cccc(-c2cnc(NCC(=O)O)nc2)c1. The van der Waals surface area contributed by atoms with Gasteiger partial charge in [0.25, 0.3) is 0 Å². The second kappa shape index (κ2) is 5.81. The summed E-state index contributed by atoms with van der Waals surface area (Å²) in [5, 5.41) is 11.1. The third kappa shape index (κ3) is 3.41. The Bertz CT molecular complexity index is 570. The summed E-state index contributed by atoms with van der Waals surface area (Å²) in [6, 6.07) is 7.53. The van der Waals surface area contributed by atoms with Crippen LogP contribution in [-0.4, -0.2) is 34.7 Å². The maximum Gasteiger partial charge on any atom is 0.322 e. The number of ether oxygens (including phenoxy) is 1. The van der Waals surface area contributed by atoms with Crippen LogP contribution in [-0.2, 0) is 4.79 Å². The third-order valence-corrected chi connectivity index (χ3v) is 2.45. The summed E-state index contributed by atoms with van der Waals surface area (Å²) >= 11 is 0. The molecular formula is C13H13N3O3. The molecule has 1 heterocycles. The number of nitrogens with zero attached hydrogens (tertiary/aromatic N) is 2. The van der Waals surface area contributed by atoms with Crippen LogP contribution in [0.2, 0.25) is 0 Å². The molecule has 6 heteroatoms. The van der Waals surface area contributed by atoms with E-state index < -0.39 is 5.97 Å². The molecule has 2 aromatic rings. The van der Waals surface area contributed by atoms with E-state index in [4.69, 9.17) is 9.84 Å². The molecule has 0 spiro atoms. The molecule has 0 aliphatic heterocycles. The van der Waals surface area contributed by atoms with E-state index in [9.17, 15) is 4.79 Å². The van der Waals surface area contributed by atoms with Crippen molar-refractivity contribution in [3.63, 3.8) is 0 Å². The lowest BCUT2D eigenvalue weighted by Crippen LogP contribution is -2.14. The minimum atomic E-state index is -0.958. The van der Waals surface area contributed by atoms with Crippen LogP contribution >= 0.6 is 0 Å². The molecule has 6 nitrogen and oxygen atoms in total. The van der Waals surface area contributed by atoms with Gasteiger partial charge in [-0.25, -0.2) is 9.97 Å². The first-order valence-corrected chi connectivity index (χ1v) is 5.61. The topological polar surface area (TPSA) is 84.3 Å². The number of aliphatic carboxylic acids is 1.